The molecule has 4 rings (SSSR count). The van der Waals surface area contributed by atoms with Crippen LogP contribution in [-0.2, 0) is 11.4 Å². The van der Waals surface area contributed by atoms with E-state index in [-0.39, 0.29) is 30.9 Å². The van der Waals surface area contributed by atoms with E-state index in [1.165, 1.54) is 4.90 Å². The van der Waals surface area contributed by atoms with Crippen molar-refractivity contribution in [3.8, 4) is 17.2 Å². The lowest BCUT2D eigenvalue weighted by atomic mass is 10.1. The molecule has 0 unspecified atom stereocenters. The maximum Gasteiger partial charge on any atom is 0.293 e. The van der Waals surface area contributed by atoms with E-state index in [4.69, 9.17) is 37.4 Å². The van der Waals surface area contributed by atoms with Crippen LogP contribution in [0.1, 0.15) is 18.1 Å². The number of nitrogens with zero attached hydrogens (tertiary/aromatic N) is 1. The second kappa shape index (κ2) is 12.2. The third kappa shape index (κ3) is 6.35. The SMILES string of the molecule is CCOc1cc(/C=C2\SC(=O)N(CCOc3ccccc3)C2=O)ccc1OCc1c(Cl)cccc1Cl. The number of hydrogen-bond donors (Lipinski definition) is 0. The molecule has 6 nitrogen and oxygen atoms in total. The number of thioether (sulfide) groups is 1. The molecule has 36 heavy (non-hydrogen) atoms. The molecule has 0 spiro atoms. The van der Waals surface area contributed by atoms with Gasteiger partial charge in [-0.2, -0.15) is 0 Å². The number of para-hydroxylation sites is 1. The third-order valence-corrected chi connectivity index (χ3v) is 6.82. The van der Waals surface area contributed by atoms with Crippen molar-refractivity contribution in [2.24, 2.45) is 0 Å². The molecule has 3 aromatic rings. The van der Waals surface area contributed by atoms with Gasteiger partial charge >= 0.3 is 0 Å². The van der Waals surface area contributed by atoms with Gasteiger partial charge in [0.15, 0.2) is 11.5 Å². The highest BCUT2D eigenvalue weighted by molar-refractivity contribution is 8.18. The minimum atomic E-state index is -0.353. The summed E-state index contributed by atoms with van der Waals surface area (Å²) in [6.45, 7) is 2.83. The number of benzene rings is 3. The Balaban J connectivity index is 1.44. The lowest BCUT2D eigenvalue weighted by Crippen LogP contribution is -2.32. The monoisotopic (exact) mass is 543 g/mol. The first-order chi connectivity index (χ1) is 17.5. The maximum absolute atomic E-state index is 12.8. The van der Waals surface area contributed by atoms with Crippen LogP contribution in [0.15, 0.2) is 71.6 Å². The minimum Gasteiger partial charge on any atom is -0.492 e. The molecule has 1 saturated heterocycles. The van der Waals surface area contributed by atoms with E-state index in [0.717, 1.165) is 11.8 Å². The van der Waals surface area contributed by atoms with Gasteiger partial charge in [0.05, 0.1) is 18.1 Å². The zero-order chi connectivity index (χ0) is 25.5. The number of rotatable bonds is 10. The number of carbonyl (C=O) groups is 2. The average molecular weight is 544 g/mol. The molecule has 1 heterocycles. The van der Waals surface area contributed by atoms with Gasteiger partial charge in [-0.05, 0) is 66.7 Å². The Kier molecular flexibility index (Phi) is 8.80. The molecule has 1 fully saturated rings. The van der Waals surface area contributed by atoms with Crippen LogP contribution in [0, 0.1) is 0 Å². The van der Waals surface area contributed by atoms with Gasteiger partial charge in [-0.15, -0.1) is 0 Å². The van der Waals surface area contributed by atoms with E-state index in [1.807, 2.05) is 37.3 Å². The van der Waals surface area contributed by atoms with Crippen LogP contribution in [0.25, 0.3) is 6.08 Å². The average Bonchev–Trinajstić information content (AvgIpc) is 3.13. The first-order valence-corrected chi connectivity index (χ1v) is 12.8. The number of halogens is 2. The van der Waals surface area contributed by atoms with E-state index < -0.39 is 0 Å². The molecule has 9 heteroatoms. The van der Waals surface area contributed by atoms with Gasteiger partial charge < -0.3 is 14.2 Å². The number of amides is 2. The van der Waals surface area contributed by atoms with Crippen molar-refractivity contribution in [3.63, 3.8) is 0 Å². The van der Waals surface area contributed by atoms with Gasteiger partial charge in [0, 0.05) is 15.6 Å². The molecular formula is C27H23Cl2NO5S. The summed E-state index contributed by atoms with van der Waals surface area (Å²) >= 11 is 13.4. The summed E-state index contributed by atoms with van der Waals surface area (Å²) in [6.07, 6.45) is 1.67. The zero-order valence-corrected chi connectivity index (χ0v) is 21.7. The summed E-state index contributed by atoms with van der Waals surface area (Å²) in [5.74, 6) is 1.34. The van der Waals surface area contributed by atoms with Crippen LogP contribution in [-0.4, -0.2) is 35.8 Å². The van der Waals surface area contributed by atoms with Crippen LogP contribution in [0.3, 0.4) is 0 Å². The highest BCUT2D eigenvalue weighted by atomic mass is 35.5. The van der Waals surface area contributed by atoms with E-state index in [1.54, 1.807) is 42.5 Å². The fourth-order valence-corrected chi connectivity index (χ4v) is 4.81. The molecule has 2 amide bonds. The van der Waals surface area contributed by atoms with E-state index >= 15 is 0 Å². The quantitative estimate of drug-likeness (QED) is 0.254. The Hall–Kier alpha value is -3.13. The summed E-state index contributed by atoms with van der Waals surface area (Å²) in [6, 6.07) is 19.8. The van der Waals surface area contributed by atoms with Crippen LogP contribution >= 0.6 is 35.0 Å². The number of carbonyl (C=O) groups excluding carboxylic acids is 2. The Morgan fingerprint density at radius 1 is 0.889 bits per heavy atom. The molecule has 0 aromatic heterocycles. The van der Waals surface area contributed by atoms with Gasteiger partial charge in [0.1, 0.15) is 19.0 Å². The van der Waals surface area contributed by atoms with Gasteiger partial charge in [-0.3, -0.25) is 14.5 Å². The summed E-state index contributed by atoms with van der Waals surface area (Å²) in [7, 11) is 0. The molecule has 0 saturated carbocycles. The summed E-state index contributed by atoms with van der Waals surface area (Å²) in [5.41, 5.74) is 1.38. The van der Waals surface area contributed by atoms with Gasteiger partial charge in [-0.25, -0.2) is 0 Å². The molecule has 1 aliphatic rings. The molecular weight excluding hydrogens is 521 g/mol. The molecule has 3 aromatic carbocycles. The van der Waals surface area contributed by atoms with Crippen LogP contribution in [0.2, 0.25) is 10.0 Å². The Labute approximate surface area is 223 Å². The second-order valence-electron chi connectivity index (χ2n) is 7.62. The molecule has 1 aliphatic heterocycles. The summed E-state index contributed by atoms with van der Waals surface area (Å²) in [4.78, 5) is 26.8. The van der Waals surface area contributed by atoms with Crippen molar-refractivity contribution in [2.75, 3.05) is 19.8 Å². The normalized spacial score (nSPS) is 14.4. The van der Waals surface area contributed by atoms with Gasteiger partial charge in [0.25, 0.3) is 11.1 Å². The van der Waals surface area contributed by atoms with Crippen LogP contribution < -0.4 is 14.2 Å². The molecule has 186 valence electrons. The smallest absolute Gasteiger partial charge is 0.293 e. The third-order valence-electron chi connectivity index (χ3n) is 5.20. The van der Waals surface area contributed by atoms with Crippen molar-refractivity contribution in [1.82, 2.24) is 4.90 Å². The summed E-state index contributed by atoms with van der Waals surface area (Å²) in [5, 5.41) is 0.702. The standard InChI is InChI=1S/C27H23Cl2NO5S/c1-2-33-24-15-18(11-12-23(24)35-17-20-21(28)9-6-10-22(20)29)16-25-26(31)30(27(32)36-25)13-14-34-19-7-4-3-5-8-19/h3-12,15-16H,2,13-14,17H2,1H3/b25-16-. The van der Waals surface area contributed by atoms with Crippen molar-refractivity contribution in [2.45, 2.75) is 13.5 Å². The van der Waals surface area contributed by atoms with Crippen molar-refractivity contribution >= 4 is 52.2 Å². The fraction of sp³-hybridized carbons (Fsp3) is 0.185. The number of hydrogen-bond acceptors (Lipinski definition) is 6. The Bertz CT molecular complexity index is 1260. The van der Waals surface area contributed by atoms with Gasteiger partial charge in [0.2, 0.25) is 0 Å². The van der Waals surface area contributed by atoms with Crippen molar-refractivity contribution in [3.05, 3.63) is 92.8 Å². The highest BCUT2D eigenvalue weighted by Crippen LogP contribution is 2.35. The zero-order valence-electron chi connectivity index (χ0n) is 19.4. The van der Waals surface area contributed by atoms with E-state index in [9.17, 15) is 9.59 Å². The Morgan fingerprint density at radius 2 is 1.64 bits per heavy atom. The molecule has 0 radical (unpaired) electrons. The predicted octanol–water partition coefficient (Wildman–Crippen LogP) is 7.09. The van der Waals surface area contributed by atoms with Crippen molar-refractivity contribution in [1.29, 1.82) is 0 Å². The minimum absolute atomic E-state index is 0.165. The second-order valence-corrected chi connectivity index (χ2v) is 9.43. The summed E-state index contributed by atoms with van der Waals surface area (Å²) < 4.78 is 17.3. The van der Waals surface area contributed by atoms with Crippen LogP contribution in [0.5, 0.6) is 17.2 Å². The van der Waals surface area contributed by atoms with Gasteiger partial charge in [-0.1, -0.05) is 53.5 Å². The molecule has 0 atom stereocenters. The highest BCUT2D eigenvalue weighted by Gasteiger charge is 2.34. The Morgan fingerprint density at radius 3 is 2.36 bits per heavy atom. The lowest BCUT2D eigenvalue weighted by molar-refractivity contribution is -0.123. The largest absolute Gasteiger partial charge is 0.492 e. The van der Waals surface area contributed by atoms with Crippen LogP contribution in [0.4, 0.5) is 4.79 Å². The van der Waals surface area contributed by atoms with E-state index in [2.05, 4.69) is 0 Å². The topological polar surface area (TPSA) is 65.1 Å². The molecule has 0 bridgehead atoms. The molecule has 0 aliphatic carbocycles. The number of imide groups is 1. The fourth-order valence-electron chi connectivity index (χ4n) is 3.44. The van der Waals surface area contributed by atoms with Crippen molar-refractivity contribution < 1.29 is 23.8 Å². The molecule has 0 N–H and O–H groups in total. The number of ether oxygens (including phenoxy) is 3. The lowest BCUT2D eigenvalue weighted by Gasteiger charge is -2.14. The van der Waals surface area contributed by atoms with E-state index in [0.29, 0.717) is 49.9 Å². The first-order valence-electron chi connectivity index (χ1n) is 11.2. The maximum atomic E-state index is 12.8. The predicted molar refractivity (Wildman–Crippen MR) is 143 cm³/mol. The first kappa shape index (κ1) is 25.9.